The van der Waals surface area contributed by atoms with E-state index in [-0.39, 0.29) is 24.5 Å². The molecule has 2 aromatic heterocycles. The van der Waals surface area contributed by atoms with Gasteiger partial charge in [0.25, 0.3) is 5.91 Å². The normalized spacial score (nSPS) is 14.8. The number of rotatable bonds is 6. The topological polar surface area (TPSA) is 98.6 Å². The number of amides is 2. The van der Waals surface area contributed by atoms with Crippen molar-refractivity contribution in [1.29, 1.82) is 0 Å². The lowest BCUT2D eigenvalue weighted by atomic mass is 10.2. The molecule has 0 saturated heterocycles. The van der Waals surface area contributed by atoms with Gasteiger partial charge in [-0.15, -0.1) is 0 Å². The van der Waals surface area contributed by atoms with Crippen molar-refractivity contribution < 1.29 is 19.1 Å². The van der Waals surface area contributed by atoms with Gasteiger partial charge in [0.15, 0.2) is 17.6 Å². The first kappa shape index (κ1) is 19.4. The van der Waals surface area contributed by atoms with Crippen molar-refractivity contribution in [2.24, 2.45) is 0 Å². The lowest BCUT2D eigenvalue weighted by molar-refractivity contribution is -0.132. The second-order valence-corrected chi connectivity index (χ2v) is 6.87. The zero-order valence-corrected chi connectivity index (χ0v) is 16.4. The summed E-state index contributed by atoms with van der Waals surface area (Å²) in [7, 11) is 1.71. The molecule has 2 amide bonds. The number of carbonyl (C=O) groups is 2. The van der Waals surface area contributed by atoms with Gasteiger partial charge in [-0.25, -0.2) is 0 Å². The maximum absolute atomic E-state index is 12.6. The van der Waals surface area contributed by atoms with Crippen molar-refractivity contribution in [2.75, 3.05) is 25.5 Å². The zero-order valence-electron chi connectivity index (χ0n) is 16.4. The van der Waals surface area contributed by atoms with Gasteiger partial charge in [0, 0.05) is 19.4 Å². The number of benzene rings is 1. The number of carbonyl (C=O) groups excluding carboxylic acids is 2. The second kappa shape index (κ2) is 8.64. The summed E-state index contributed by atoms with van der Waals surface area (Å²) in [4.78, 5) is 30.3. The average molecular weight is 407 g/mol. The molecule has 9 heteroatoms. The fraction of sp³-hybridized carbons (Fsp3) is 0.238. The molecule has 0 radical (unpaired) electrons. The van der Waals surface area contributed by atoms with E-state index in [0.717, 1.165) is 0 Å². The number of likely N-dealkylation sites (N-methyl/N-ethyl adjacent to an activating group) is 1. The predicted octanol–water partition coefficient (Wildman–Crippen LogP) is 1.83. The highest BCUT2D eigenvalue weighted by atomic mass is 16.6. The molecule has 0 aliphatic carbocycles. The molecule has 30 heavy (non-hydrogen) atoms. The molecule has 3 heterocycles. The number of hydrogen-bond donors (Lipinski definition) is 1. The van der Waals surface area contributed by atoms with Crippen LogP contribution in [0, 0.1) is 0 Å². The highest BCUT2D eigenvalue weighted by molar-refractivity contribution is 6.02. The van der Waals surface area contributed by atoms with Gasteiger partial charge in [0.05, 0.1) is 18.4 Å². The van der Waals surface area contributed by atoms with Gasteiger partial charge >= 0.3 is 0 Å². The summed E-state index contributed by atoms with van der Waals surface area (Å²) >= 11 is 0. The smallest absolute Gasteiger partial charge is 0.274 e. The lowest BCUT2D eigenvalue weighted by Crippen LogP contribution is -2.42. The number of hydrogen-bond acceptors (Lipinski definition) is 6. The molecular formula is C21H21N5O4. The third-order valence-electron chi connectivity index (χ3n) is 4.56. The fourth-order valence-corrected chi connectivity index (χ4v) is 3.03. The zero-order chi connectivity index (χ0) is 20.9. The van der Waals surface area contributed by atoms with Crippen LogP contribution in [0.3, 0.4) is 0 Å². The molecule has 9 nitrogen and oxygen atoms in total. The Kier molecular flexibility index (Phi) is 5.60. The first-order valence-corrected chi connectivity index (χ1v) is 9.46. The molecule has 1 atom stereocenters. The van der Waals surface area contributed by atoms with E-state index < -0.39 is 0 Å². The fourth-order valence-electron chi connectivity index (χ4n) is 3.03. The maximum atomic E-state index is 12.6. The van der Waals surface area contributed by atoms with Crippen molar-refractivity contribution in [1.82, 2.24) is 19.7 Å². The SMILES string of the molecule is CN(C[C@H]1COc2ccccc2O1)C(=O)Cn1cc(NC(=O)c2ccccn2)cn1. The number of fused-ring (bicyclic) bond motifs is 1. The summed E-state index contributed by atoms with van der Waals surface area (Å²) in [5.74, 6) is 0.908. The van der Waals surface area contributed by atoms with Crippen LogP contribution in [0.25, 0.3) is 0 Å². The van der Waals surface area contributed by atoms with Crippen molar-refractivity contribution in [3.63, 3.8) is 0 Å². The first-order valence-electron chi connectivity index (χ1n) is 9.46. The van der Waals surface area contributed by atoms with Gasteiger partial charge in [0.2, 0.25) is 5.91 Å². The lowest BCUT2D eigenvalue weighted by Gasteiger charge is -2.29. The van der Waals surface area contributed by atoms with Gasteiger partial charge < -0.3 is 19.7 Å². The molecule has 154 valence electrons. The number of ether oxygens (including phenoxy) is 2. The molecule has 0 saturated carbocycles. The van der Waals surface area contributed by atoms with Crippen LogP contribution in [0.4, 0.5) is 5.69 Å². The summed E-state index contributed by atoms with van der Waals surface area (Å²) in [6, 6.07) is 12.5. The summed E-state index contributed by atoms with van der Waals surface area (Å²) in [6.45, 7) is 0.804. The van der Waals surface area contributed by atoms with Crippen LogP contribution in [0.15, 0.2) is 61.1 Å². The Bertz CT molecular complexity index is 1040. The van der Waals surface area contributed by atoms with E-state index in [9.17, 15) is 9.59 Å². The maximum Gasteiger partial charge on any atom is 0.274 e. The average Bonchev–Trinajstić information content (AvgIpc) is 3.20. The molecule has 1 aliphatic heterocycles. The van der Waals surface area contributed by atoms with Gasteiger partial charge in [0.1, 0.15) is 18.8 Å². The summed E-state index contributed by atoms with van der Waals surface area (Å²) in [5.41, 5.74) is 0.791. The van der Waals surface area contributed by atoms with E-state index in [1.54, 1.807) is 42.5 Å². The third kappa shape index (κ3) is 4.57. The molecule has 0 fully saturated rings. The van der Waals surface area contributed by atoms with Crippen LogP contribution in [-0.2, 0) is 11.3 Å². The Morgan fingerprint density at radius 1 is 1.20 bits per heavy atom. The third-order valence-corrected chi connectivity index (χ3v) is 4.56. The summed E-state index contributed by atoms with van der Waals surface area (Å²) in [5, 5.41) is 6.85. The Morgan fingerprint density at radius 2 is 2.00 bits per heavy atom. The van der Waals surface area contributed by atoms with Gasteiger partial charge in [-0.05, 0) is 24.3 Å². The van der Waals surface area contributed by atoms with E-state index in [1.165, 1.54) is 10.9 Å². The Hall–Kier alpha value is -3.88. The van der Waals surface area contributed by atoms with Crippen LogP contribution in [0.2, 0.25) is 0 Å². The van der Waals surface area contributed by atoms with E-state index in [2.05, 4.69) is 15.4 Å². The van der Waals surface area contributed by atoms with Gasteiger partial charge in [-0.2, -0.15) is 5.10 Å². The van der Waals surface area contributed by atoms with E-state index >= 15 is 0 Å². The molecule has 0 bridgehead atoms. The van der Waals surface area contributed by atoms with Crippen molar-refractivity contribution >= 4 is 17.5 Å². The van der Waals surface area contributed by atoms with Crippen LogP contribution in [-0.4, -0.2) is 57.8 Å². The first-order chi connectivity index (χ1) is 14.6. The molecule has 4 rings (SSSR count). The van der Waals surface area contributed by atoms with Crippen molar-refractivity contribution in [2.45, 2.75) is 12.6 Å². The van der Waals surface area contributed by atoms with E-state index in [0.29, 0.717) is 36.0 Å². The Balaban J connectivity index is 1.29. The van der Waals surface area contributed by atoms with Crippen LogP contribution in [0.1, 0.15) is 10.5 Å². The molecule has 1 N–H and O–H groups in total. The minimum atomic E-state index is -0.340. The van der Waals surface area contributed by atoms with Crippen LogP contribution in [0.5, 0.6) is 11.5 Å². The Morgan fingerprint density at radius 3 is 2.80 bits per heavy atom. The monoisotopic (exact) mass is 407 g/mol. The number of nitrogens with zero attached hydrogens (tertiary/aromatic N) is 4. The number of aromatic nitrogens is 3. The number of anilines is 1. The highest BCUT2D eigenvalue weighted by Crippen LogP contribution is 2.30. The number of pyridine rings is 1. The minimum absolute atomic E-state index is 0.0418. The molecule has 3 aromatic rings. The standard InChI is InChI=1S/C21H21N5O4/c1-25(12-16-14-29-18-7-2-3-8-19(18)30-16)20(27)13-26-11-15(10-23-26)24-21(28)17-6-4-5-9-22-17/h2-11,16H,12-14H2,1H3,(H,24,28)/t16-/m0/s1. The van der Waals surface area contributed by atoms with Crippen LogP contribution >= 0.6 is 0 Å². The number of nitrogens with one attached hydrogen (secondary N) is 1. The minimum Gasteiger partial charge on any atom is -0.486 e. The van der Waals surface area contributed by atoms with E-state index in [1.807, 2.05) is 24.3 Å². The second-order valence-electron chi connectivity index (χ2n) is 6.87. The van der Waals surface area contributed by atoms with Crippen LogP contribution < -0.4 is 14.8 Å². The van der Waals surface area contributed by atoms with E-state index in [4.69, 9.17) is 9.47 Å². The highest BCUT2D eigenvalue weighted by Gasteiger charge is 2.24. The molecular weight excluding hydrogens is 386 g/mol. The summed E-state index contributed by atoms with van der Waals surface area (Å²) in [6.07, 6.45) is 4.39. The quantitative estimate of drug-likeness (QED) is 0.669. The van der Waals surface area contributed by atoms with Gasteiger partial charge in [-0.3, -0.25) is 19.3 Å². The largest absolute Gasteiger partial charge is 0.486 e. The number of para-hydroxylation sites is 2. The van der Waals surface area contributed by atoms with Crippen molar-refractivity contribution in [3.05, 3.63) is 66.7 Å². The molecule has 0 spiro atoms. The summed E-state index contributed by atoms with van der Waals surface area (Å²) < 4.78 is 13.1. The predicted molar refractivity (Wildman–Crippen MR) is 108 cm³/mol. The van der Waals surface area contributed by atoms with Crippen molar-refractivity contribution in [3.8, 4) is 11.5 Å². The molecule has 0 unspecified atom stereocenters. The Labute approximate surface area is 173 Å². The molecule has 1 aliphatic rings. The van der Waals surface area contributed by atoms with Gasteiger partial charge in [-0.1, -0.05) is 18.2 Å². The molecule has 1 aromatic carbocycles.